The Kier molecular flexibility index (Phi) is 2.53. The van der Waals surface area contributed by atoms with Gasteiger partial charge in [0, 0.05) is 19.3 Å². The van der Waals surface area contributed by atoms with Crippen LogP contribution in [0.25, 0.3) is 5.65 Å². The van der Waals surface area contributed by atoms with Crippen LogP contribution in [0.15, 0.2) is 30.6 Å². The van der Waals surface area contributed by atoms with E-state index in [9.17, 15) is 4.79 Å². The number of carbonyl (C=O) groups is 1. The molecule has 5 nitrogen and oxygen atoms in total. The van der Waals surface area contributed by atoms with Crippen molar-refractivity contribution in [3.05, 3.63) is 36.3 Å². The van der Waals surface area contributed by atoms with Gasteiger partial charge in [-0.25, -0.2) is 4.98 Å². The van der Waals surface area contributed by atoms with Crippen molar-refractivity contribution in [3.63, 3.8) is 0 Å². The molecule has 0 unspecified atom stereocenters. The Hall–Kier alpha value is -1.88. The van der Waals surface area contributed by atoms with Crippen molar-refractivity contribution < 1.29 is 9.53 Å². The van der Waals surface area contributed by atoms with Crippen LogP contribution < -0.4 is 0 Å². The van der Waals surface area contributed by atoms with Gasteiger partial charge < -0.3 is 9.64 Å². The van der Waals surface area contributed by atoms with Crippen LogP contribution in [-0.4, -0.2) is 46.5 Å². The van der Waals surface area contributed by atoms with E-state index < -0.39 is 0 Å². The minimum Gasteiger partial charge on any atom is -0.378 e. The van der Waals surface area contributed by atoms with E-state index in [-0.39, 0.29) is 5.91 Å². The maximum absolute atomic E-state index is 12.3. The number of hydrogen-bond donors (Lipinski definition) is 0. The molecule has 2 aromatic rings. The predicted molar refractivity (Wildman–Crippen MR) is 61.9 cm³/mol. The lowest BCUT2D eigenvalue weighted by atomic mass is 10.3. The van der Waals surface area contributed by atoms with E-state index in [4.69, 9.17) is 4.74 Å². The first-order chi connectivity index (χ1) is 8.36. The van der Waals surface area contributed by atoms with Gasteiger partial charge in [-0.3, -0.25) is 9.20 Å². The van der Waals surface area contributed by atoms with Crippen LogP contribution in [-0.2, 0) is 4.74 Å². The standard InChI is InChI=1S/C12H13N3O2/c16-12(14-5-7-17-8-6-14)10-9-13-11-3-1-2-4-15(10)11/h1-4,9H,5-8H2. The Labute approximate surface area is 98.6 Å². The predicted octanol–water partition coefficient (Wildman–Crippen LogP) is 0.807. The second-order valence-electron chi connectivity index (χ2n) is 3.98. The summed E-state index contributed by atoms with van der Waals surface area (Å²) in [6, 6.07) is 5.69. The van der Waals surface area contributed by atoms with Crippen molar-refractivity contribution >= 4 is 11.6 Å². The van der Waals surface area contributed by atoms with Crippen LogP contribution in [0.4, 0.5) is 0 Å². The van der Waals surface area contributed by atoms with Crippen molar-refractivity contribution in [2.75, 3.05) is 26.3 Å². The number of rotatable bonds is 1. The van der Waals surface area contributed by atoms with Gasteiger partial charge in [0.1, 0.15) is 11.3 Å². The van der Waals surface area contributed by atoms with Gasteiger partial charge in [-0.2, -0.15) is 0 Å². The molecule has 1 amide bonds. The number of fused-ring (bicyclic) bond motifs is 1. The van der Waals surface area contributed by atoms with Gasteiger partial charge in [0.05, 0.1) is 19.4 Å². The zero-order chi connectivity index (χ0) is 11.7. The molecule has 17 heavy (non-hydrogen) atoms. The van der Waals surface area contributed by atoms with Crippen LogP contribution in [0.2, 0.25) is 0 Å². The molecule has 0 radical (unpaired) electrons. The molecule has 1 aliphatic rings. The molecule has 0 spiro atoms. The molecular weight excluding hydrogens is 218 g/mol. The number of ether oxygens (including phenoxy) is 1. The Bertz CT molecular complexity index is 543. The zero-order valence-corrected chi connectivity index (χ0v) is 9.37. The Morgan fingerprint density at radius 3 is 2.94 bits per heavy atom. The zero-order valence-electron chi connectivity index (χ0n) is 9.37. The van der Waals surface area contributed by atoms with Crippen LogP contribution in [0.1, 0.15) is 10.5 Å². The molecule has 88 valence electrons. The molecule has 1 saturated heterocycles. The summed E-state index contributed by atoms with van der Waals surface area (Å²) in [7, 11) is 0. The molecule has 0 aliphatic carbocycles. The molecule has 3 rings (SSSR count). The van der Waals surface area contributed by atoms with E-state index in [1.165, 1.54) is 0 Å². The van der Waals surface area contributed by atoms with Gasteiger partial charge in [-0.05, 0) is 12.1 Å². The third-order valence-electron chi connectivity index (χ3n) is 2.93. The van der Waals surface area contributed by atoms with E-state index >= 15 is 0 Å². The summed E-state index contributed by atoms with van der Waals surface area (Å²) >= 11 is 0. The second-order valence-corrected chi connectivity index (χ2v) is 3.98. The highest BCUT2D eigenvalue weighted by Crippen LogP contribution is 2.10. The molecule has 5 heteroatoms. The van der Waals surface area contributed by atoms with E-state index in [0.29, 0.717) is 32.0 Å². The van der Waals surface area contributed by atoms with Gasteiger partial charge in [0.25, 0.3) is 5.91 Å². The highest BCUT2D eigenvalue weighted by atomic mass is 16.5. The average Bonchev–Trinajstić information content (AvgIpc) is 2.83. The fourth-order valence-electron chi connectivity index (χ4n) is 2.02. The Morgan fingerprint density at radius 2 is 2.12 bits per heavy atom. The molecule has 0 bridgehead atoms. The number of aromatic nitrogens is 2. The lowest BCUT2D eigenvalue weighted by Gasteiger charge is -2.26. The monoisotopic (exact) mass is 231 g/mol. The van der Waals surface area contributed by atoms with E-state index in [2.05, 4.69) is 4.98 Å². The van der Waals surface area contributed by atoms with Crippen LogP contribution >= 0.6 is 0 Å². The normalized spacial score (nSPS) is 16.4. The third-order valence-corrected chi connectivity index (χ3v) is 2.93. The summed E-state index contributed by atoms with van der Waals surface area (Å²) in [4.78, 5) is 18.3. The maximum Gasteiger partial charge on any atom is 0.272 e. The van der Waals surface area contributed by atoms with Gasteiger partial charge >= 0.3 is 0 Å². The molecule has 0 aromatic carbocycles. The number of nitrogens with zero attached hydrogens (tertiary/aromatic N) is 3. The minimum absolute atomic E-state index is 0.0204. The van der Waals surface area contributed by atoms with E-state index in [1.54, 1.807) is 11.1 Å². The number of hydrogen-bond acceptors (Lipinski definition) is 3. The Morgan fingerprint density at radius 1 is 1.29 bits per heavy atom. The average molecular weight is 231 g/mol. The third kappa shape index (κ3) is 1.78. The van der Waals surface area contributed by atoms with E-state index in [0.717, 1.165) is 5.65 Å². The number of amides is 1. The topological polar surface area (TPSA) is 46.8 Å². The largest absolute Gasteiger partial charge is 0.378 e. The first kappa shape index (κ1) is 10.3. The lowest BCUT2D eigenvalue weighted by Crippen LogP contribution is -2.41. The molecule has 1 aliphatic heterocycles. The molecule has 0 saturated carbocycles. The van der Waals surface area contributed by atoms with Crippen molar-refractivity contribution in [3.8, 4) is 0 Å². The highest BCUT2D eigenvalue weighted by Gasteiger charge is 2.21. The molecule has 0 atom stereocenters. The van der Waals surface area contributed by atoms with Crippen LogP contribution in [0.3, 0.4) is 0 Å². The van der Waals surface area contributed by atoms with Crippen molar-refractivity contribution in [1.82, 2.24) is 14.3 Å². The molecule has 0 N–H and O–H groups in total. The summed E-state index contributed by atoms with van der Waals surface area (Å²) < 4.78 is 7.06. The van der Waals surface area contributed by atoms with Gasteiger partial charge in [-0.1, -0.05) is 6.07 Å². The van der Waals surface area contributed by atoms with Crippen molar-refractivity contribution in [2.24, 2.45) is 0 Å². The molecule has 1 fully saturated rings. The lowest BCUT2D eigenvalue weighted by molar-refractivity contribution is 0.0298. The quantitative estimate of drug-likeness (QED) is 0.729. The first-order valence-electron chi connectivity index (χ1n) is 5.65. The summed E-state index contributed by atoms with van der Waals surface area (Å²) in [5.74, 6) is 0.0204. The van der Waals surface area contributed by atoms with E-state index in [1.807, 2.05) is 28.8 Å². The number of imidazole rings is 1. The van der Waals surface area contributed by atoms with Crippen LogP contribution in [0, 0.1) is 0 Å². The fourth-order valence-corrected chi connectivity index (χ4v) is 2.02. The second kappa shape index (κ2) is 4.18. The number of pyridine rings is 1. The van der Waals surface area contributed by atoms with Gasteiger partial charge in [-0.15, -0.1) is 0 Å². The number of carbonyl (C=O) groups excluding carboxylic acids is 1. The molecule has 2 aromatic heterocycles. The summed E-state index contributed by atoms with van der Waals surface area (Å²) in [6.07, 6.45) is 3.49. The first-order valence-corrected chi connectivity index (χ1v) is 5.65. The highest BCUT2D eigenvalue weighted by molar-refractivity contribution is 5.93. The molecule has 3 heterocycles. The summed E-state index contributed by atoms with van der Waals surface area (Å²) in [5.41, 5.74) is 1.41. The SMILES string of the molecule is O=C(c1cnc2ccccn12)N1CCOCC1. The minimum atomic E-state index is 0.0204. The Balaban J connectivity index is 1.95. The smallest absolute Gasteiger partial charge is 0.272 e. The number of morpholine rings is 1. The summed E-state index contributed by atoms with van der Waals surface area (Å²) in [5, 5.41) is 0. The van der Waals surface area contributed by atoms with Gasteiger partial charge in [0.15, 0.2) is 0 Å². The van der Waals surface area contributed by atoms with Gasteiger partial charge in [0.2, 0.25) is 0 Å². The maximum atomic E-state index is 12.3. The van der Waals surface area contributed by atoms with Crippen LogP contribution in [0.5, 0.6) is 0 Å². The molecular formula is C12H13N3O2. The van der Waals surface area contributed by atoms with Crippen molar-refractivity contribution in [2.45, 2.75) is 0 Å². The fraction of sp³-hybridized carbons (Fsp3) is 0.333. The summed E-state index contributed by atoms with van der Waals surface area (Å²) in [6.45, 7) is 2.53. The van der Waals surface area contributed by atoms with Crippen molar-refractivity contribution in [1.29, 1.82) is 0 Å².